The molecule has 1 N–H and O–H groups in total. The van der Waals surface area contributed by atoms with Crippen molar-refractivity contribution in [3.05, 3.63) is 41.5 Å². The highest BCUT2D eigenvalue weighted by Crippen LogP contribution is 2.24. The molecule has 180 valence electrons. The molecular weight excluding hydrogens is 410 g/mol. The number of hydrazone groups is 1. The van der Waals surface area contributed by atoms with Crippen LogP contribution in [0.4, 0.5) is 14.5 Å². The highest BCUT2D eigenvalue weighted by atomic mass is 19.1. The summed E-state index contributed by atoms with van der Waals surface area (Å²) in [6.45, 7) is 16.7. The molecule has 0 radical (unpaired) electrons. The van der Waals surface area contributed by atoms with Gasteiger partial charge in [0.2, 0.25) is 0 Å². The summed E-state index contributed by atoms with van der Waals surface area (Å²) in [5, 5.41) is 19.7. The van der Waals surface area contributed by atoms with Gasteiger partial charge in [0, 0.05) is 45.5 Å². The Morgan fingerprint density at radius 1 is 1.16 bits per heavy atom. The normalized spacial score (nSPS) is 16.9. The van der Waals surface area contributed by atoms with Gasteiger partial charge in [0.25, 0.3) is 0 Å². The van der Waals surface area contributed by atoms with Gasteiger partial charge in [0.15, 0.2) is 0 Å². The zero-order valence-electron chi connectivity index (χ0n) is 20.8. The number of benzene rings is 1. The molecule has 0 saturated carbocycles. The molecule has 0 saturated heterocycles. The predicted octanol–water partition coefficient (Wildman–Crippen LogP) is 6.00. The van der Waals surface area contributed by atoms with E-state index in [1.54, 1.807) is 5.01 Å². The van der Waals surface area contributed by atoms with E-state index in [4.69, 9.17) is 0 Å². The lowest BCUT2D eigenvalue weighted by Crippen LogP contribution is -2.36. The van der Waals surface area contributed by atoms with Crippen molar-refractivity contribution in [1.82, 2.24) is 10.0 Å². The van der Waals surface area contributed by atoms with E-state index >= 15 is 0 Å². The average molecular weight is 451 g/mol. The first-order valence-electron chi connectivity index (χ1n) is 11.2. The highest BCUT2D eigenvalue weighted by molar-refractivity contribution is 5.47. The van der Waals surface area contributed by atoms with Crippen LogP contribution in [0.25, 0.3) is 0 Å². The van der Waals surface area contributed by atoms with Gasteiger partial charge >= 0.3 is 0 Å². The molecular formula is C24H40F2N6. The van der Waals surface area contributed by atoms with Gasteiger partial charge < -0.3 is 5.32 Å². The van der Waals surface area contributed by atoms with Gasteiger partial charge in [-0.15, -0.1) is 0 Å². The maximum absolute atomic E-state index is 14.1. The minimum atomic E-state index is -0.601. The summed E-state index contributed by atoms with van der Waals surface area (Å²) >= 11 is 0. The van der Waals surface area contributed by atoms with Crippen molar-refractivity contribution in [2.45, 2.75) is 66.1 Å². The first-order chi connectivity index (χ1) is 15.0. The van der Waals surface area contributed by atoms with Crippen molar-refractivity contribution >= 4 is 12.4 Å². The lowest BCUT2D eigenvalue weighted by molar-refractivity contribution is 0.155. The van der Waals surface area contributed by atoms with Gasteiger partial charge in [0.05, 0.1) is 11.7 Å². The molecule has 0 aliphatic carbocycles. The summed E-state index contributed by atoms with van der Waals surface area (Å²) in [5.74, 6) is -0.517. The zero-order chi connectivity index (χ0) is 24.4. The molecule has 0 aromatic heterocycles. The summed E-state index contributed by atoms with van der Waals surface area (Å²) in [6.07, 6.45) is 2.68. The largest absolute Gasteiger partial charge is 0.376 e. The summed E-state index contributed by atoms with van der Waals surface area (Å²) < 4.78 is 27.3. The van der Waals surface area contributed by atoms with E-state index in [1.807, 2.05) is 39.0 Å². The molecule has 0 spiro atoms. The Hall–Kier alpha value is -2.51. The smallest absolute Gasteiger partial charge is 0.149 e. The van der Waals surface area contributed by atoms with Crippen LogP contribution in [0.1, 0.15) is 48.0 Å². The highest BCUT2D eigenvalue weighted by Gasteiger charge is 2.26. The first-order valence-corrected chi connectivity index (χ1v) is 11.2. The van der Waals surface area contributed by atoms with Gasteiger partial charge in [-0.25, -0.2) is 8.78 Å². The Morgan fingerprint density at radius 2 is 1.81 bits per heavy atom. The maximum atomic E-state index is 14.1. The summed E-state index contributed by atoms with van der Waals surface area (Å²) in [4.78, 5) is 0. The van der Waals surface area contributed by atoms with Crippen LogP contribution in [0.15, 0.2) is 45.3 Å². The maximum Gasteiger partial charge on any atom is 0.149 e. The van der Waals surface area contributed by atoms with Gasteiger partial charge in [-0.3, -0.25) is 10.0 Å². The molecule has 1 rings (SSSR count). The Labute approximate surface area is 192 Å². The number of nitrogens with zero attached hydrogens (tertiary/aromatic N) is 5. The van der Waals surface area contributed by atoms with E-state index in [1.165, 1.54) is 12.1 Å². The minimum Gasteiger partial charge on any atom is -0.376 e. The van der Waals surface area contributed by atoms with Crippen molar-refractivity contribution in [2.24, 2.45) is 27.3 Å². The molecule has 0 aliphatic rings. The average Bonchev–Trinajstić information content (AvgIpc) is 2.78. The Bertz CT molecular complexity index is 782. The van der Waals surface area contributed by atoms with Gasteiger partial charge in [0.1, 0.15) is 11.6 Å². The SMILES string of the molecule is C=NN(C)C(C)[C@H](C)[C@@H](C)[C@@H](C)N=NN(C)CCC(Nc1ccc(F)cc1F)/C(C)=C/C. The molecule has 32 heavy (non-hydrogen) atoms. The fourth-order valence-corrected chi connectivity index (χ4v) is 3.39. The standard InChI is InChI=1S/C24H40F2N6/c1-10-16(2)23(28-24-12-11-21(25)15-22(24)26)13-14-31(8)30-29-19(5)17(3)18(4)20(6)32(9)27-7/h10-12,15,17-20,23,28H,7,13-14H2,1-6,8-9H3/b16-10+,30-29?/t17-,18-,19-,20?,23?/m1/s1. The number of nitrogens with one attached hydrogen (secondary N) is 1. The predicted molar refractivity (Wildman–Crippen MR) is 130 cm³/mol. The van der Waals surface area contributed by atoms with Crippen molar-refractivity contribution in [2.75, 3.05) is 26.0 Å². The van der Waals surface area contributed by atoms with E-state index in [9.17, 15) is 8.78 Å². The van der Waals surface area contributed by atoms with Gasteiger partial charge in [-0.1, -0.05) is 30.7 Å². The van der Waals surface area contributed by atoms with Crippen LogP contribution in [0.3, 0.4) is 0 Å². The van der Waals surface area contributed by atoms with Crippen LogP contribution in [0.2, 0.25) is 0 Å². The second kappa shape index (κ2) is 13.1. The molecule has 0 heterocycles. The molecule has 0 fully saturated rings. The molecule has 2 unspecified atom stereocenters. The number of rotatable bonds is 13. The zero-order valence-corrected chi connectivity index (χ0v) is 20.8. The molecule has 5 atom stereocenters. The van der Waals surface area contributed by atoms with Crippen molar-refractivity contribution in [1.29, 1.82) is 0 Å². The van der Waals surface area contributed by atoms with E-state index in [-0.39, 0.29) is 23.8 Å². The Kier molecular flexibility index (Phi) is 11.3. The third-order valence-corrected chi connectivity index (χ3v) is 6.56. The van der Waals surface area contributed by atoms with Crippen LogP contribution < -0.4 is 5.32 Å². The lowest BCUT2D eigenvalue weighted by Gasteiger charge is -2.32. The third-order valence-electron chi connectivity index (χ3n) is 6.56. The fourth-order valence-electron chi connectivity index (χ4n) is 3.39. The van der Waals surface area contributed by atoms with E-state index < -0.39 is 11.6 Å². The molecule has 8 heteroatoms. The topological polar surface area (TPSA) is 55.6 Å². The quantitative estimate of drug-likeness (QED) is 0.174. The Morgan fingerprint density at radius 3 is 2.38 bits per heavy atom. The Balaban J connectivity index is 2.71. The van der Waals surface area contributed by atoms with Crippen LogP contribution in [0.5, 0.6) is 0 Å². The van der Waals surface area contributed by atoms with Crippen LogP contribution in [0, 0.1) is 23.5 Å². The summed E-state index contributed by atoms with van der Waals surface area (Å²) in [6, 6.07) is 3.76. The lowest BCUT2D eigenvalue weighted by atomic mass is 9.85. The fraction of sp³-hybridized carbons (Fsp3) is 0.625. The van der Waals surface area contributed by atoms with Gasteiger partial charge in [-0.2, -0.15) is 10.2 Å². The summed E-state index contributed by atoms with van der Waals surface area (Å²) in [5.41, 5.74) is 1.36. The van der Waals surface area contributed by atoms with Crippen molar-refractivity contribution < 1.29 is 8.78 Å². The third kappa shape index (κ3) is 8.20. The minimum absolute atomic E-state index is 0.0487. The second-order valence-electron chi connectivity index (χ2n) is 8.64. The number of hydrogen-bond acceptors (Lipinski definition) is 5. The van der Waals surface area contributed by atoms with Crippen LogP contribution in [-0.4, -0.2) is 55.5 Å². The van der Waals surface area contributed by atoms with E-state index in [0.29, 0.717) is 24.8 Å². The monoisotopic (exact) mass is 450 g/mol. The van der Waals surface area contributed by atoms with E-state index in [2.05, 4.69) is 55.2 Å². The number of allylic oxidation sites excluding steroid dienone is 1. The molecule has 0 amide bonds. The molecule has 0 aliphatic heterocycles. The molecule has 1 aromatic rings. The number of hydrogen-bond donors (Lipinski definition) is 1. The van der Waals surface area contributed by atoms with E-state index in [0.717, 1.165) is 11.6 Å². The van der Waals surface area contributed by atoms with Gasteiger partial charge in [-0.05, 0) is 58.1 Å². The first kappa shape index (κ1) is 27.5. The van der Waals surface area contributed by atoms with Crippen molar-refractivity contribution in [3.63, 3.8) is 0 Å². The number of anilines is 1. The number of halogens is 2. The molecule has 6 nitrogen and oxygen atoms in total. The van der Waals surface area contributed by atoms with Crippen LogP contribution in [-0.2, 0) is 0 Å². The molecule has 1 aromatic carbocycles. The molecule has 0 bridgehead atoms. The second-order valence-corrected chi connectivity index (χ2v) is 8.64. The summed E-state index contributed by atoms with van der Waals surface area (Å²) in [7, 11) is 3.80. The van der Waals surface area contributed by atoms with Crippen molar-refractivity contribution in [3.8, 4) is 0 Å². The van der Waals surface area contributed by atoms with Crippen LogP contribution >= 0.6 is 0 Å².